The van der Waals surface area contributed by atoms with E-state index in [-0.39, 0.29) is 16.2 Å². The van der Waals surface area contributed by atoms with Crippen LogP contribution in [0.5, 0.6) is 0 Å². The molecule has 1 aliphatic heterocycles. The third kappa shape index (κ3) is 3.75. The van der Waals surface area contributed by atoms with Gasteiger partial charge in [-0.15, -0.1) is 0 Å². The largest absolute Gasteiger partial charge is 0.348 e. The number of hydrogen-bond acceptors (Lipinski definition) is 6. The average molecular weight is 353 g/mol. The molecule has 7 nitrogen and oxygen atoms in total. The van der Waals surface area contributed by atoms with Gasteiger partial charge in [0.2, 0.25) is 11.9 Å². The summed E-state index contributed by atoms with van der Waals surface area (Å²) in [6, 6.07) is -0.572. The maximum Gasteiger partial charge on any atom is 0.255 e. The molecule has 1 amide bonds. The van der Waals surface area contributed by atoms with Crippen LogP contribution in [0.1, 0.15) is 25.1 Å². The highest BCUT2D eigenvalue weighted by Gasteiger charge is 2.35. The van der Waals surface area contributed by atoms with Crippen LogP contribution in [0.15, 0.2) is 4.79 Å². The summed E-state index contributed by atoms with van der Waals surface area (Å²) in [6.07, 6.45) is 3.03. The number of aromatic amines is 1. The number of anilines is 1. The van der Waals surface area contributed by atoms with E-state index in [1.807, 2.05) is 34.2 Å². The predicted molar refractivity (Wildman–Crippen MR) is 98.7 cm³/mol. The van der Waals surface area contributed by atoms with E-state index in [1.54, 1.807) is 21.6 Å². The van der Waals surface area contributed by atoms with Gasteiger partial charge < -0.3 is 15.5 Å². The van der Waals surface area contributed by atoms with Gasteiger partial charge in [-0.2, -0.15) is 11.8 Å². The van der Waals surface area contributed by atoms with E-state index in [0.717, 1.165) is 5.69 Å². The van der Waals surface area contributed by atoms with Crippen LogP contribution in [0.25, 0.3) is 0 Å². The van der Waals surface area contributed by atoms with E-state index in [1.165, 1.54) is 0 Å². The van der Waals surface area contributed by atoms with Gasteiger partial charge in [-0.25, -0.2) is 4.98 Å². The zero-order valence-corrected chi connectivity index (χ0v) is 15.9. The predicted octanol–water partition coefficient (Wildman–Crippen LogP) is 0.232. The maximum absolute atomic E-state index is 12.7. The third-order valence-electron chi connectivity index (χ3n) is 4.62. The van der Waals surface area contributed by atoms with Crippen LogP contribution in [0, 0.1) is 0 Å². The molecule has 0 bridgehead atoms. The van der Waals surface area contributed by atoms with Crippen molar-refractivity contribution in [2.45, 2.75) is 37.5 Å². The number of H-pyrrole nitrogens is 1. The number of thioether (sulfide) groups is 1. The van der Waals surface area contributed by atoms with Crippen LogP contribution < -0.4 is 16.2 Å². The monoisotopic (exact) mass is 353 g/mol. The molecule has 3 N–H and O–H groups in total. The molecule has 1 aromatic rings. The molecule has 0 aromatic carbocycles. The van der Waals surface area contributed by atoms with E-state index in [4.69, 9.17) is 5.73 Å². The minimum Gasteiger partial charge on any atom is -0.348 e. The Morgan fingerprint density at radius 3 is 2.58 bits per heavy atom. The smallest absolute Gasteiger partial charge is 0.255 e. The lowest BCUT2D eigenvalue weighted by molar-refractivity contribution is -0.133. The third-order valence-corrected chi connectivity index (χ3v) is 5.92. The highest BCUT2D eigenvalue weighted by molar-refractivity contribution is 8.00. The second-order valence-electron chi connectivity index (χ2n) is 6.82. The van der Waals surface area contributed by atoms with Crippen molar-refractivity contribution in [1.29, 1.82) is 0 Å². The van der Waals surface area contributed by atoms with Crippen molar-refractivity contribution < 1.29 is 4.79 Å². The topological polar surface area (TPSA) is 95.3 Å². The first kappa shape index (κ1) is 18.8. The van der Waals surface area contributed by atoms with E-state index in [0.29, 0.717) is 37.4 Å². The molecule has 0 saturated heterocycles. The van der Waals surface area contributed by atoms with Crippen LogP contribution in [-0.2, 0) is 17.6 Å². The van der Waals surface area contributed by atoms with Crippen molar-refractivity contribution in [2.24, 2.45) is 5.73 Å². The molecule has 1 aliphatic rings. The molecule has 2 heterocycles. The van der Waals surface area contributed by atoms with E-state index in [2.05, 4.69) is 9.97 Å². The first-order chi connectivity index (χ1) is 11.2. The van der Waals surface area contributed by atoms with Crippen molar-refractivity contribution in [3.8, 4) is 0 Å². The van der Waals surface area contributed by atoms with E-state index in [9.17, 15) is 9.59 Å². The Bertz CT molecular complexity index is 671. The Morgan fingerprint density at radius 2 is 2.00 bits per heavy atom. The summed E-state index contributed by atoms with van der Waals surface area (Å²) < 4.78 is -0.329. The number of hydrogen-bond donors (Lipinski definition) is 2. The van der Waals surface area contributed by atoms with Gasteiger partial charge in [-0.1, -0.05) is 0 Å². The normalized spacial score (nSPS) is 16.3. The van der Waals surface area contributed by atoms with Crippen LogP contribution in [-0.4, -0.2) is 65.0 Å². The highest BCUT2D eigenvalue weighted by atomic mass is 32.2. The molecule has 0 saturated carbocycles. The summed E-state index contributed by atoms with van der Waals surface area (Å²) in [5.74, 6) is 0.477. The Morgan fingerprint density at radius 1 is 1.38 bits per heavy atom. The quantitative estimate of drug-likeness (QED) is 0.805. The van der Waals surface area contributed by atoms with Crippen molar-refractivity contribution in [1.82, 2.24) is 14.9 Å². The summed E-state index contributed by atoms with van der Waals surface area (Å²) in [5, 5.41) is 0. The van der Waals surface area contributed by atoms with Gasteiger partial charge in [0.15, 0.2) is 0 Å². The number of aromatic nitrogens is 2. The van der Waals surface area contributed by atoms with Gasteiger partial charge in [-0.3, -0.25) is 14.6 Å². The molecule has 0 radical (unpaired) electrons. The molecule has 0 unspecified atom stereocenters. The summed E-state index contributed by atoms with van der Waals surface area (Å²) in [7, 11) is 3.67. The molecule has 0 fully saturated rings. The number of amides is 1. The van der Waals surface area contributed by atoms with Gasteiger partial charge in [0.25, 0.3) is 5.56 Å². The molecule has 8 heteroatoms. The minimum absolute atomic E-state index is 0.0635. The van der Waals surface area contributed by atoms with Crippen LogP contribution in [0.3, 0.4) is 0 Å². The number of fused-ring (bicyclic) bond motifs is 1. The standard InChI is InChI=1S/C16H27N5O2S/c1-16(2,24-5)12(17)14(23)21-8-6-10-11(7-9-21)18-15(20(3)4)19-13(10)22/h12H,6-9,17H2,1-5H3,(H,18,19,22)/t12-/m1/s1. The minimum atomic E-state index is -0.572. The zero-order valence-electron chi connectivity index (χ0n) is 15.0. The Labute approximate surface area is 147 Å². The van der Waals surface area contributed by atoms with E-state index < -0.39 is 6.04 Å². The lowest BCUT2D eigenvalue weighted by atomic mass is 10.0. The lowest BCUT2D eigenvalue weighted by Crippen LogP contribution is -2.53. The average Bonchev–Trinajstić information content (AvgIpc) is 2.76. The highest BCUT2D eigenvalue weighted by Crippen LogP contribution is 2.26. The van der Waals surface area contributed by atoms with E-state index >= 15 is 0 Å². The maximum atomic E-state index is 12.7. The summed E-state index contributed by atoms with van der Waals surface area (Å²) in [6.45, 7) is 4.98. The van der Waals surface area contributed by atoms with Crippen LogP contribution in [0.4, 0.5) is 5.95 Å². The number of carbonyl (C=O) groups is 1. The van der Waals surface area contributed by atoms with Crippen molar-refractivity contribution >= 4 is 23.6 Å². The molecule has 1 aromatic heterocycles. The Hall–Kier alpha value is -1.54. The molecule has 2 rings (SSSR count). The summed E-state index contributed by atoms with van der Waals surface area (Å²) in [5.41, 5.74) is 7.51. The molecular weight excluding hydrogens is 326 g/mol. The Kier molecular flexibility index (Phi) is 5.59. The van der Waals surface area contributed by atoms with Gasteiger partial charge in [0.05, 0.1) is 11.7 Å². The molecule has 1 atom stereocenters. The van der Waals surface area contributed by atoms with Crippen molar-refractivity contribution in [3.63, 3.8) is 0 Å². The van der Waals surface area contributed by atoms with Gasteiger partial charge >= 0.3 is 0 Å². The fourth-order valence-electron chi connectivity index (χ4n) is 2.65. The number of rotatable bonds is 4. The van der Waals surface area contributed by atoms with Crippen LogP contribution >= 0.6 is 11.8 Å². The number of nitrogens with one attached hydrogen (secondary N) is 1. The lowest BCUT2D eigenvalue weighted by Gasteiger charge is -2.32. The molecule has 0 spiro atoms. The van der Waals surface area contributed by atoms with Gasteiger partial charge in [0, 0.05) is 43.9 Å². The second-order valence-corrected chi connectivity index (χ2v) is 8.28. The molecule has 134 valence electrons. The molecular formula is C16H27N5O2S. The first-order valence-electron chi connectivity index (χ1n) is 8.06. The number of nitrogens with zero attached hydrogens (tertiary/aromatic N) is 3. The molecule has 24 heavy (non-hydrogen) atoms. The van der Waals surface area contributed by atoms with Crippen molar-refractivity contribution in [3.05, 3.63) is 21.6 Å². The SMILES string of the molecule is CSC(C)(C)[C@H](N)C(=O)N1CCc2nc(N(C)C)[nH]c(=O)c2CC1. The van der Waals surface area contributed by atoms with Gasteiger partial charge in [-0.05, 0) is 26.5 Å². The fourth-order valence-corrected chi connectivity index (χ4v) is 3.00. The first-order valence-corrected chi connectivity index (χ1v) is 9.28. The fraction of sp³-hybridized carbons (Fsp3) is 0.688. The number of nitrogens with two attached hydrogens (primary N) is 1. The number of carbonyl (C=O) groups excluding carboxylic acids is 1. The second kappa shape index (κ2) is 7.14. The van der Waals surface area contributed by atoms with Crippen LogP contribution in [0.2, 0.25) is 0 Å². The summed E-state index contributed by atoms with van der Waals surface area (Å²) >= 11 is 1.58. The van der Waals surface area contributed by atoms with Crippen molar-refractivity contribution in [2.75, 3.05) is 38.3 Å². The summed E-state index contributed by atoms with van der Waals surface area (Å²) in [4.78, 5) is 35.9. The zero-order chi connectivity index (χ0) is 18.1. The molecule has 0 aliphatic carbocycles. The van der Waals surface area contributed by atoms with Gasteiger partial charge in [0.1, 0.15) is 0 Å². The Balaban J connectivity index is 2.21.